The molecule has 3 aromatic rings. The summed E-state index contributed by atoms with van der Waals surface area (Å²) in [5, 5.41) is 1.44. The van der Waals surface area contributed by atoms with Crippen LogP contribution in [0.25, 0.3) is 0 Å². The van der Waals surface area contributed by atoms with E-state index in [-0.39, 0.29) is 5.91 Å². The van der Waals surface area contributed by atoms with Crippen LogP contribution in [0, 0.1) is 0 Å². The Morgan fingerprint density at radius 1 is 0.794 bits per heavy atom. The van der Waals surface area contributed by atoms with Crippen molar-refractivity contribution in [2.24, 2.45) is 0 Å². The summed E-state index contributed by atoms with van der Waals surface area (Å²) >= 11 is 18.3. The highest BCUT2D eigenvalue weighted by atomic mass is 35.5. The largest absolute Gasteiger partial charge is 0.490 e. The molecular weight excluding hydrogens is 495 g/mol. The van der Waals surface area contributed by atoms with Gasteiger partial charge in [-0.2, -0.15) is 0 Å². The zero-order valence-corrected chi connectivity index (χ0v) is 20.8. The number of nitrogens with zero attached hydrogens (tertiary/aromatic N) is 2. The summed E-state index contributed by atoms with van der Waals surface area (Å²) in [5.74, 6) is 1.58. The number of rotatable bonds is 8. The van der Waals surface area contributed by atoms with Gasteiger partial charge in [0.15, 0.2) is 11.5 Å². The highest BCUT2D eigenvalue weighted by Crippen LogP contribution is 2.37. The molecular formula is C26H25Cl3N2O3. The molecule has 1 saturated heterocycles. The Labute approximate surface area is 214 Å². The molecule has 34 heavy (non-hydrogen) atoms. The molecule has 0 aromatic heterocycles. The van der Waals surface area contributed by atoms with Crippen molar-refractivity contribution in [3.8, 4) is 17.2 Å². The van der Waals surface area contributed by atoms with Crippen molar-refractivity contribution >= 4 is 46.4 Å². The molecule has 178 valence electrons. The van der Waals surface area contributed by atoms with Crippen LogP contribution in [-0.4, -0.2) is 43.6 Å². The molecule has 1 heterocycles. The summed E-state index contributed by atoms with van der Waals surface area (Å²) < 4.78 is 11.8. The SMILES string of the molecule is O=C(CCCOc1cc(Cl)ccc1Oc1ccc(Cl)cc1Cl)N1CCN(c2ccccc2)CC1. The highest BCUT2D eigenvalue weighted by molar-refractivity contribution is 6.35. The van der Waals surface area contributed by atoms with E-state index in [1.54, 1.807) is 36.4 Å². The summed E-state index contributed by atoms with van der Waals surface area (Å²) in [6.07, 6.45) is 1.01. The van der Waals surface area contributed by atoms with Gasteiger partial charge in [0, 0.05) is 54.4 Å². The molecule has 0 N–H and O–H groups in total. The number of anilines is 1. The van der Waals surface area contributed by atoms with E-state index >= 15 is 0 Å². The highest BCUT2D eigenvalue weighted by Gasteiger charge is 2.21. The Morgan fingerprint density at radius 3 is 2.18 bits per heavy atom. The van der Waals surface area contributed by atoms with E-state index in [2.05, 4.69) is 17.0 Å². The molecule has 0 aliphatic carbocycles. The normalized spacial score (nSPS) is 13.6. The predicted molar refractivity (Wildman–Crippen MR) is 138 cm³/mol. The molecule has 3 aromatic carbocycles. The minimum Gasteiger partial charge on any atom is -0.490 e. The fourth-order valence-corrected chi connectivity index (χ4v) is 4.38. The monoisotopic (exact) mass is 518 g/mol. The summed E-state index contributed by atoms with van der Waals surface area (Å²) in [6.45, 7) is 3.48. The zero-order valence-electron chi connectivity index (χ0n) is 18.6. The summed E-state index contributed by atoms with van der Waals surface area (Å²) in [4.78, 5) is 16.9. The first-order valence-electron chi connectivity index (χ1n) is 11.1. The molecule has 8 heteroatoms. The summed E-state index contributed by atoms with van der Waals surface area (Å²) in [7, 11) is 0. The van der Waals surface area contributed by atoms with E-state index in [4.69, 9.17) is 44.3 Å². The molecule has 0 saturated carbocycles. The number of para-hydroxylation sites is 1. The van der Waals surface area contributed by atoms with Crippen molar-refractivity contribution in [2.75, 3.05) is 37.7 Å². The van der Waals surface area contributed by atoms with Crippen LogP contribution in [0.3, 0.4) is 0 Å². The second kappa shape index (κ2) is 11.7. The number of amides is 1. The number of halogens is 3. The molecule has 1 amide bonds. The number of piperazine rings is 1. The number of hydrogen-bond donors (Lipinski definition) is 0. The lowest BCUT2D eigenvalue weighted by Gasteiger charge is -2.36. The fraction of sp³-hybridized carbons (Fsp3) is 0.269. The third-order valence-corrected chi connectivity index (χ3v) is 6.33. The Bertz CT molecular complexity index is 1120. The molecule has 4 rings (SSSR count). The van der Waals surface area contributed by atoms with Crippen LogP contribution in [0.15, 0.2) is 66.7 Å². The van der Waals surface area contributed by atoms with Crippen molar-refractivity contribution in [1.29, 1.82) is 0 Å². The van der Waals surface area contributed by atoms with Crippen molar-refractivity contribution in [1.82, 2.24) is 4.90 Å². The Kier molecular flexibility index (Phi) is 8.44. The van der Waals surface area contributed by atoms with Gasteiger partial charge in [0.05, 0.1) is 11.6 Å². The van der Waals surface area contributed by atoms with E-state index in [9.17, 15) is 4.79 Å². The first-order valence-corrected chi connectivity index (χ1v) is 12.3. The third-order valence-electron chi connectivity index (χ3n) is 5.57. The van der Waals surface area contributed by atoms with Gasteiger partial charge in [-0.25, -0.2) is 0 Å². The van der Waals surface area contributed by atoms with Gasteiger partial charge in [0.2, 0.25) is 5.91 Å². The smallest absolute Gasteiger partial charge is 0.222 e. The molecule has 1 aliphatic rings. The molecule has 1 aliphatic heterocycles. The molecule has 5 nitrogen and oxygen atoms in total. The lowest BCUT2D eigenvalue weighted by atomic mass is 10.2. The van der Waals surface area contributed by atoms with Crippen LogP contribution in [0.2, 0.25) is 15.1 Å². The first-order chi connectivity index (χ1) is 16.5. The summed E-state index contributed by atoms with van der Waals surface area (Å²) in [6, 6.07) is 20.4. The average Bonchev–Trinajstić information content (AvgIpc) is 2.85. The Hall–Kier alpha value is -2.60. The predicted octanol–water partition coefficient (Wildman–Crippen LogP) is 6.95. The van der Waals surface area contributed by atoms with Crippen molar-refractivity contribution in [3.05, 3.63) is 81.8 Å². The van der Waals surface area contributed by atoms with Crippen LogP contribution in [-0.2, 0) is 4.79 Å². The number of benzene rings is 3. The van der Waals surface area contributed by atoms with Crippen molar-refractivity contribution < 1.29 is 14.3 Å². The molecule has 1 fully saturated rings. The van der Waals surface area contributed by atoms with E-state index in [1.807, 2.05) is 23.1 Å². The Balaban J connectivity index is 1.26. The maximum Gasteiger partial charge on any atom is 0.222 e. The quantitative estimate of drug-likeness (QED) is 0.302. The van der Waals surface area contributed by atoms with Crippen LogP contribution in [0.5, 0.6) is 17.2 Å². The number of hydrogen-bond acceptors (Lipinski definition) is 4. The standard InChI is InChI=1S/C26H25Cl3N2O3/c27-19-8-10-23(22(29)17-19)34-24-11-9-20(28)18-25(24)33-16-4-7-26(32)31-14-12-30(13-15-31)21-5-2-1-3-6-21/h1-3,5-6,8-11,17-18H,4,7,12-16H2. The second-order valence-corrected chi connectivity index (χ2v) is 9.20. The van der Waals surface area contributed by atoms with Crippen LogP contribution >= 0.6 is 34.8 Å². The van der Waals surface area contributed by atoms with Gasteiger partial charge in [0.1, 0.15) is 5.75 Å². The van der Waals surface area contributed by atoms with Gasteiger partial charge in [-0.15, -0.1) is 0 Å². The molecule has 0 atom stereocenters. The third kappa shape index (κ3) is 6.50. The number of ether oxygens (including phenoxy) is 2. The number of carbonyl (C=O) groups excluding carboxylic acids is 1. The van der Waals surface area contributed by atoms with Gasteiger partial charge in [-0.3, -0.25) is 4.79 Å². The van der Waals surface area contributed by atoms with E-state index < -0.39 is 0 Å². The van der Waals surface area contributed by atoms with E-state index in [1.165, 1.54) is 5.69 Å². The van der Waals surface area contributed by atoms with Gasteiger partial charge >= 0.3 is 0 Å². The van der Waals surface area contributed by atoms with Gasteiger partial charge in [0.25, 0.3) is 0 Å². The molecule has 0 unspecified atom stereocenters. The zero-order chi connectivity index (χ0) is 23.9. The second-order valence-electron chi connectivity index (χ2n) is 7.92. The molecule has 0 radical (unpaired) electrons. The minimum atomic E-state index is 0.145. The van der Waals surface area contributed by atoms with E-state index in [0.29, 0.717) is 51.8 Å². The summed E-state index contributed by atoms with van der Waals surface area (Å²) in [5.41, 5.74) is 1.20. The lowest BCUT2D eigenvalue weighted by Crippen LogP contribution is -2.48. The van der Waals surface area contributed by atoms with Gasteiger partial charge < -0.3 is 19.3 Å². The van der Waals surface area contributed by atoms with E-state index in [0.717, 1.165) is 26.2 Å². The Morgan fingerprint density at radius 2 is 1.47 bits per heavy atom. The van der Waals surface area contributed by atoms with Crippen LogP contribution in [0.4, 0.5) is 5.69 Å². The molecule has 0 bridgehead atoms. The van der Waals surface area contributed by atoms with Crippen LogP contribution in [0.1, 0.15) is 12.8 Å². The van der Waals surface area contributed by atoms with Gasteiger partial charge in [-0.1, -0.05) is 53.0 Å². The fourth-order valence-electron chi connectivity index (χ4n) is 3.77. The molecule has 0 spiro atoms. The van der Waals surface area contributed by atoms with Crippen LogP contribution < -0.4 is 14.4 Å². The van der Waals surface area contributed by atoms with Crippen molar-refractivity contribution in [2.45, 2.75) is 12.8 Å². The maximum absolute atomic E-state index is 12.7. The first kappa shape index (κ1) is 24.5. The van der Waals surface area contributed by atoms with Gasteiger partial charge in [-0.05, 0) is 48.9 Å². The van der Waals surface area contributed by atoms with Crippen molar-refractivity contribution in [3.63, 3.8) is 0 Å². The minimum absolute atomic E-state index is 0.145. The maximum atomic E-state index is 12.7. The lowest BCUT2D eigenvalue weighted by molar-refractivity contribution is -0.131. The topological polar surface area (TPSA) is 42.0 Å². The average molecular weight is 520 g/mol. The number of carbonyl (C=O) groups is 1.